The largest absolute Gasteiger partial charge is 0.345 e. The van der Waals surface area contributed by atoms with Crippen LogP contribution in [-0.4, -0.2) is 65.6 Å². The quantitative estimate of drug-likeness (QED) is 0.0959. The summed E-state index contributed by atoms with van der Waals surface area (Å²) in [5, 5.41) is 15.9. The van der Waals surface area contributed by atoms with E-state index in [0.29, 0.717) is 22.3 Å². The van der Waals surface area contributed by atoms with Gasteiger partial charge >= 0.3 is 11.8 Å². The molecule has 48 heavy (non-hydrogen) atoms. The van der Waals surface area contributed by atoms with E-state index in [9.17, 15) is 22.8 Å². The number of hydrogen-bond donors (Lipinski definition) is 6. The molecule has 0 spiro atoms. The van der Waals surface area contributed by atoms with Crippen LogP contribution >= 0.6 is 0 Å². The van der Waals surface area contributed by atoms with Gasteiger partial charge in [-0.1, -0.05) is 36.4 Å². The second kappa shape index (κ2) is 14.3. The molecule has 5 aromatic rings. The van der Waals surface area contributed by atoms with Crippen LogP contribution in [0.2, 0.25) is 0 Å². The third kappa shape index (κ3) is 8.12. The molecule has 0 atom stereocenters. The van der Waals surface area contributed by atoms with E-state index in [2.05, 4.69) is 58.7 Å². The fourth-order valence-electron chi connectivity index (χ4n) is 5.28. The number of nitrogens with one attached hydrogen (secondary N) is 6. The number of likely N-dealkylation sites (tertiary alicyclic amines) is 1. The number of hydrogen-bond acceptors (Lipinski definition) is 9. The van der Waals surface area contributed by atoms with Crippen LogP contribution in [0.15, 0.2) is 102 Å². The van der Waals surface area contributed by atoms with Gasteiger partial charge < -0.3 is 10.6 Å². The number of H-pyrrole nitrogens is 1. The molecule has 0 saturated carbocycles. The number of carbonyl (C=O) groups is 3. The standard InChI is InChI=1S/C33H33N9O5S/c43-31(23-9-14-29-30(19-23)38-41-37-29)35-27-7-4-8-28(20-27)48(46,47)40-26-12-10-25(11-13-26)36-39-33(45)32(44)34-24-15-17-42(18-16-24)21-22-5-2-1-3-6-22/h1-14,19-20,24,36,40H,15-18,21H2,(H,34,44)(H,35,43)(H,39,45)(H,37,38,41). The molecule has 1 saturated heterocycles. The van der Waals surface area contributed by atoms with Crippen LogP contribution in [0, 0.1) is 0 Å². The minimum Gasteiger partial charge on any atom is -0.345 e. The Bertz CT molecular complexity index is 2030. The molecular weight excluding hydrogens is 634 g/mol. The normalized spacial score (nSPS) is 13.8. The van der Waals surface area contributed by atoms with Crippen LogP contribution in [0.1, 0.15) is 28.8 Å². The van der Waals surface area contributed by atoms with Gasteiger partial charge in [0.05, 0.1) is 10.6 Å². The lowest BCUT2D eigenvalue weighted by Gasteiger charge is -2.32. The second-order valence-electron chi connectivity index (χ2n) is 11.3. The summed E-state index contributed by atoms with van der Waals surface area (Å²) in [6.45, 7) is 2.49. The summed E-state index contributed by atoms with van der Waals surface area (Å²) in [6, 6.07) is 26.9. The smallest absolute Gasteiger partial charge is 0.327 e. The van der Waals surface area contributed by atoms with Gasteiger partial charge in [0.2, 0.25) is 0 Å². The van der Waals surface area contributed by atoms with Crippen molar-refractivity contribution in [2.24, 2.45) is 0 Å². The Morgan fingerprint density at radius 1 is 0.771 bits per heavy atom. The Morgan fingerprint density at radius 3 is 2.27 bits per heavy atom. The number of aromatic amines is 1. The molecule has 0 unspecified atom stereocenters. The lowest BCUT2D eigenvalue weighted by molar-refractivity contribution is -0.139. The fraction of sp³-hybridized carbons (Fsp3) is 0.182. The third-order valence-electron chi connectivity index (χ3n) is 7.82. The lowest BCUT2D eigenvalue weighted by atomic mass is 10.0. The molecule has 6 N–H and O–H groups in total. The molecule has 14 nitrogen and oxygen atoms in total. The predicted octanol–water partition coefficient (Wildman–Crippen LogP) is 3.23. The summed E-state index contributed by atoms with van der Waals surface area (Å²) >= 11 is 0. The Hall–Kier alpha value is -5.80. The molecule has 6 rings (SSSR count). The summed E-state index contributed by atoms with van der Waals surface area (Å²) in [6.07, 6.45) is 1.49. The minimum atomic E-state index is -4.01. The van der Waals surface area contributed by atoms with Gasteiger partial charge in [0.1, 0.15) is 11.0 Å². The molecule has 1 aliphatic rings. The molecule has 15 heteroatoms. The summed E-state index contributed by atoms with van der Waals surface area (Å²) in [5.74, 6) is -2.00. The number of fused-ring (bicyclic) bond motifs is 1. The Balaban J connectivity index is 0.961. The van der Waals surface area contributed by atoms with Crippen molar-refractivity contribution in [2.75, 3.05) is 28.6 Å². The van der Waals surface area contributed by atoms with E-state index in [-0.39, 0.29) is 22.3 Å². The molecule has 1 aliphatic heterocycles. The first-order valence-electron chi connectivity index (χ1n) is 15.2. The van der Waals surface area contributed by atoms with Crippen LogP contribution in [0.25, 0.3) is 11.0 Å². The van der Waals surface area contributed by atoms with Gasteiger partial charge in [-0.05, 0) is 79.1 Å². The molecule has 3 amide bonds. The minimum absolute atomic E-state index is 0.0606. The molecule has 0 bridgehead atoms. The average molecular weight is 668 g/mol. The van der Waals surface area contributed by atoms with Gasteiger partial charge in [-0.25, -0.2) is 8.42 Å². The van der Waals surface area contributed by atoms with E-state index in [0.717, 1.165) is 32.5 Å². The topological polar surface area (TPSA) is 190 Å². The Kier molecular flexibility index (Phi) is 9.59. The molecule has 1 aromatic heterocycles. The molecule has 0 aliphatic carbocycles. The van der Waals surface area contributed by atoms with Crippen molar-refractivity contribution in [2.45, 2.75) is 30.3 Å². The number of aromatic nitrogens is 3. The average Bonchev–Trinajstić information content (AvgIpc) is 3.57. The van der Waals surface area contributed by atoms with Crippen LogP contribution < -0.4 is 26.2 Å². The van der Waals surface area contributed by atoms with Gasteiger partial charge in [0.15, 0.2) is 0 Å². The fourth-order valence-corrected chi connectivity index (χ4v) is 6.38. The van der Waals surface area contributed by atoms with Crippen molar-refractivity contribution >= 4 is 55.8 Å². The zero-order valence-electron chi connectivity index (χ0n) is 25.6. The Labute approximate surface area is 276 Å². The first-order chi connectivity index (χ1) is 23.2. The third-order valence-corrected chi connectivity index (χ3v) is 9.20. The van der Waals surface area contributed by atoms with Crippen molar-refractivity contribution in [1.82, 2.24) is 31.1 Å². The van der Waals surface area contributed by atoms with Crippen molar-refractivity contribution in [3.05, 3.63) is 108 Å². The highest BCUT2D eigenvalue weighted by atomic mass is 32.2. The van der Waals surface area contributed by atoms with Gasteiger partial charge in [0, 0.05) is 42.6 Å². The molecule has 2 heterocycles. The zero-order chi connectivity index (χ0) is 33.5. The molecular formula is C33H33N9O5S. The van der Waals surface area contributed by atoms with Crippen LogP contribution in [-0.2, 0) is 26.2 Å². The van der Waals surface area contributed by atoms with Crippen molar-refractivity contribution in [3.63, 3.8) is 0 Å². The van der Waals surface area contributed by atoms with Crippen LogP contribution in [0.5, 0.6) is 0 Å². The highest BCUT2D eigenvalue weighted by molar-refractivity contribution is 7.92. The number of benzene rings is 4. The van der Waals surface area contributed by atoms with E-state index in [1.807, 2.05) is 18.2 Å². The highest BCUT2D eigenvalue weighted by Crippen LogP contribution is 2.22. The number of rotatable bonds is 10. The summed E-state index contributed by atoms with van der Waals surface area (Å²) in [7, 11) is -4.01. The molecule has 0 radical (unpaired) electrons. The van der Waals surface area contributed by atoms with E-state index in [1.54, 1.807) is 36.4 Å². The number of piperidine rings is 1. The maximum atomic E-state index is 13.1. The predicted molar refractivity (Wildman–Crippen MR) is 180 cm³/mol. The van der Waals surface area contributed by atoms with E-state index in [4.69, 9.17) is 0 Å². The number of nitrogens with zero attached hydrogens (tertiary/aromatic N) is 3. The summed E-state index contributed by atoms with van der Waals surface area (Å²) in [5.41, 5.74) is 8.74. The first kappa shape index (κ1) is 32.2. The van der Waals surface area contributed by atoms with Crippen molar-refractivity contribution < 1.29 is 22.8 Å². The van der Waals surface area contributed by atoms with E-state index < -0.39 is 27.7 Å². The van der Waals surface area contributed by atoms with Crippen LogP contribution in [0.3, 0.4) is 0 Å². The first-order valence-corrected chi connectivity index (χ1v) is 16.7. The van der Waals surface area contributed by atoms with Gasteiger partial charge in [-0.15, -0.1) is 0 Å². The van der Waals surface area contributed by atoms with Crippen molar-refractivity contribution in [1.29, 1.82) is 0 Å². The summed E-state index contributed by atoms with van der Waals surface area (Å²) < 4.78 is 28.7. The number of anilines is 3. The van der Waals surface area contributed by atoms with Crippen molar-refractivity contribution in [3.8, 4) is 0 Å². The molecule has 4 aromatic carbocycles. The maximum absolute atomic E-state index is 13.1. The van der Waals surface area contributed by atoms with Gasteiger partial charge in [-0.2, -0.15) is 15.4 Å². The SMILES string of the molecule is O=C(NNc1ccc(NS(=O)(=O)c2cccc(NC(=O)c3ccc4n[nH]nc4c3)c2)cc1)C(=O)NC1CCN(Cc2ccccc2)CC1. The van der Waals surface area contributed by atoms with E-state index >= 15 is 0 Å². The number of sulfonamides is 1. The summed E-state index contributed by atoms with van der Waals surface area (Å²) in [4.78, 5) is 39.9. The molecule has 1 fully saturated rings. The number of hydrazine groups is 1. The number of amides is 3. The highest BCUT2D eigenvalue weighted by Gasteiger charge is 2.23. The lowest BCUT2D eigenvalue weighted by Crippen LogP contribution is -2.49. The van der Waals surface area contributed by atoms with E-state index in [1.165, 1.54) is 35.9 Å². The van der Waals surface area contributed by atoms with Gasteiger partial charge in [0.25, 0.3) is 15.9 Å². The Morgan fingerprint density at radius 2 is 1.50 bits per heavy atom. The second-order valence-corrected chi connectivity index (χ2v) is 13.0. The van der Waals surface area contributed by atoms with Gasteiger partial charge in [-0.3, -0.25) is 34.9 Å². The van der Waals surface area contributed by atoms with Crippen LogP contribution in [0.4, 0.5) is 17.1 Å². The monoisotopic (exact) mass is 667 g/mol. The molecule has 246 valence electrons. The maximum Gasteiger partial charge on any atom is 0.327 e. The number of carbonyl (C=O) groups excluding carboxylic acids is 3. The zero-order valence-corrected chi connectivity index (χ0v) is 26.5.